The zero-order chi connectivity index (χ0) is 14.9. The van der Waals surface area contributed by atoms with Gasteiger partial charge in [0.1, 0.15) is 16.9 Å². The number of phenols is 2. The van der Waals surface area contributed by atoms with E-state index in [2.05, 4.69) is 0 Å². The van der Waals surface area contributed by atoms with Crippen molar-refractivity contribution >= 4 is 22.4 Å². The third-order valence-corrected chi connectivity index (χ3v) is 3.15. The molecule has 0 amide bonds. The number of phenolic OH excluding ortho intramolecular Hbond substituents is 2. The summed E-state index contributed by atoms with van der Waals surface area (Å²) in [6.45, 7) is -0.279. The lowest BCUT2D eigenvalue weighted by Gasteiger charge is -2.10. The monoisotopic (exact) mass is 318 g/mol. The highest BCUT2D eigenvalue weighted by molar-refractivity contribution is 6.20. The number of benzene rings is 1. The van der Waals surface area contributed by atoms with E-state index in [1.165, 1.54) is 13.2 Å². The molecule has 0 bridgehead atoms. The zero-order valence-electron chi connectivity index (χ0n) is 11.1. The smallest absolute Gasteiger partial charge is 0.347 e. The highest BCUT2D eigenvalue weighted by Crippen LogP contribution is 2.38. The largest absolute Gasteiger partial charge is 0.507 e. The van der Waals surface area contributed by atoms with Crippen molar-refractivity contribution in [1.82, 2.24) is 0 Å². The second-order valence-corrected chi connectivity index (χ2v) is 4.84. The fourth-order valence-electron chi connectivity index (χ4n) is 1.91. The van der Waals surface area contributed by atoms with Crippen LogP contribution in [0.3, 0.4) is 0 Å². The summed E-state index contributed by atoms with van der Waals surface area (Å²) in [5.41, 5.74) is -0.797. The molecular formula is C13H15ClO7. The van der Waals surface area contributed by atoms with Crippen molar-refractivity contribution in [1.29, 1.82) is 0 Å². The molecule has 1 aromatic heterocycles. The number of methoxy groups -OCH3 is 1. The summed E-state index contributed by atoms with van der Waals surface area (Å²) in [7, 11) is 1.33. The maximum Gasteiger partial charge on any atom is 0.347 e. The van der Waals surface area contributed by atoms with Crippen LogP contribution in [0, 0.1) is 0 Å². The summed E-state index contributed by atoms with van der Waals surface area (Å²) in [6.07, 6.45) is 0.112. The van der Waals surface area contributed by atoms with Gasteiger partial charge in [-0.3, -0.25) is 0 Å². The van der Waals surface area contributed by atoms with Gasteiger partial charge >= 0.3 is 5.63 Å². The normalized spacial score (nSPS) is 12.0. The van der Waals surface area contributed by atoms with Crippen molar-refractivity contribution in [2.75, 3.05) is 13.7 Å². The lowest BCUT2D eigenvalue weighted by atomic mass is 10.1. The Balaban J connectivity index is 0.00000220. The first-order chi connectivity index (χ1) is 9.47. The van der Waals surface area contributed by atoms with E-state index >= 15 is 0 Å². The highest BCUT2D eigenvalue weighted by atomic mass is 35.5. The maximum absolute atomic E-state index is 11.9. The van der Waals surface area contributed by atoms with Crippen LogP contribution < -0.4 is 10.4 Å². The predicted octanol–water partition coefficient (Wildman–Crippen LogP) is 0.530. The maximum atomic E-state index is 11.9. The summed E-state index contributed by atoms with van der Waals surface area (Å²) < 4.78 is 9.92. The molecule has 0 radical (unpaired) electrons. The van der Waals surface area contributed by atoms with Crippen molar-refractivity contribution in [2.24, 2.45) is 0 Å². The molecule has 0 aliphatic carbocycles. The number of hydrogen-bond acceptors (Lipinski definition) is 6. The summed E-state index contributed by atoms with van der Waals surface area (Å²) in [5, 5.41) is 28.1. The van der Waals surface area contributed by atoms with E-state index in [0.29, 0.717) is 0 Å². The first kappa shape index (κ1) is 17.1. The molecule has 0 unspecified atom stereocenters. The molecule has 116 valence electrons. The van der Waals surface area contributed by atoms with Crippen LogP contribution >= 0.6 is 11.6 Å². The van der Waals surface area contributed by atoms with Crippen LogP contribution in [0.5, 0.6) is 17.2 Å². The second kappa shape index (κ2) is 6.66. The Kier molecular flexibility index (Phi) is 5.42. The molecule has 5 N–H and O–H groups in total. The minimum atomic E-state index is -0.797. The van der Waals surface area contributed by atoms with Crippen LogP contribution in [0.25, 0.3) is 10.8 Å². The molecule has 2 aromatic rings. The number of ether oxygens (including phenoxy) is 1. The Bertz CT molecular complexity index is 695. The Morgan fingerprint density at radius 2 is 2.05 bits per heavy atom. The van der Waals surface area contributed by atoms with Gasteiger partial charge in [0.05, 0.1) is 19.1 Å². The number of fused-ring (bicyclic) bond motifs is 1. The summed E-state index contributed by atoms with van der Waals surface area (Å²) in [4.78, 5) is 11.9. The van der Waals surface area contributed by atoms with Gasteiger partial charge in [0.2, 0.25) is 0 Å². The Morgan fingerprint density at radius 3 is 2.62 bits per heavy atom. The van der Waals surface area contributed by atoms with Gasteiger partial charge in [-0.15, -0.1) is 11.6 Å². The minimum absolute atomic E-state index is 0. The molecule has 1 atom stereocenters. The molecule has 0 saturated carbocycles. The van der Waals surface area contributed by atoms with Gasteiger partial charge in [-0.25, -0.2) is 4.79 Å². The molecular weight excluding hydrogens is 304 g/mol. The standard InChI is InChI=1S/C13H13ClO6.H2O/c1-19-10-4-9(16)11-8(12(10)17)3-7(20-13(11)18)2-6(14)5-15;/h3-4,6,15-17H,2,5H2,1H3;1H2/t6-;/m1./s1. The summed E-state index contributed by atoms with van der Waals surface area (Å²) in [6, 6.07) is 2.52. The van der Waals surface area contributed by atoms with Crippen LogP contribution in [-0.4, -0.2) is 39.9 Å². The lowest BCUT2D eigenvalue weighted by Crippen LogP contribution is -2.11. The fourth-order valence-corrected chi connectivity index (χ4v) is 2.06. The third-order valence-electron chi connectivity index (χ3n) is 2.86. The molecule has 0 fully saturated rings. The SMILES string of the molecule is COc1cc(O)c2c(=O)oc(C[C@@H](Cl)CO)cc2c1O.O. The average Bonchev–Trinajstić information content (AvgIpc) is 2.41. The zero-order valence-corrected chi connectivity index (χ0v) is 11.8. The van der Waals surface area contributed by atoms with Crippen molar-refractivity contribution in [3.05, 3.63) is 28.3 Å². The van der Waals surface area contributed by atoms with Gasteiger partial charge in [-0.05, 0) is 6.07 Å². The van der Waals surface area contributed by atoms with Crippen molar-refractivity contribution in [3.8, 4) is 17.2 Å². The van der Waals surface area contributed by atoms with E-state index in [9.17, 15) is 15.0 Å². The number of aromatic hydroxyl groups is 2. The van der Waals surface area contributed by atoms with Gasteiger partial charge in [0.25, 0.3) is 0 Å². The molecule has 0 spiro atoms. The van der Waals surface area contributed by atoms with E-state index < -0.39 is 11.0 Å². The topological polar surface area (TPSA) is 132 Å². The molecule has 0 aliphatic rings. The van der Waals surface area contributed by atoms with E-state index in [4.69, 9.17) is 25.9 Å². The quantitative estimate of drug-likeness (QED) is 0.556. The molecule has 1 aromatic carbocycles. The first-order valence-corrected chi connectivity index (χ1v) is 6.22. The molecule has 8 heteroatoms. The number of rotatable bonds is 4. The third kappa shape index (κ3) is 3.21. The van der Waals surface area contributed by atoms with E-state index in [1.807, 2.05) is 0 Å². The van der Waals surface area contributed by atoms with Gasteiger partial charge in [-0.1, -0.05) is 0 Å². The van der Waals surface area contributed by atoms with Crippen LogP contribution in [0.15, 0.2) is 21.3 Å². The van der Waals surface area contributed by atoms with Crippen LogP contribution in [-0.2, 0) is 6.42 Å². The van der Waals surface area contributed by atoms with Gasteiger partial charge in [-0.2, -0.15) is 0 Å². The number of aliphatic hydroxyl groups is 1. The second-order valence-electron chi connectivity index (χ2n) is 4.22. The predicted molar refractivity (Wildman–Crippen MR) is 76.4 cm³/mol. The van der Waals surface area contributed by atoms with E-state index in [-0.39, 0.29) is 52.3 Å². The van der Waals surface area contributed by atoms with Crippen molar-refractivity contribution in [2.45, 2.75) is 11.8 Å². The molecule has 7 nitrogen and oxygen atoms in total. The lowest BCUT2D eigenvalue weighted by molar-refractivity contribution is 0.286. The first-order valence-electron chi connectivity index (χ1n) is 5.78. The molecule has 21 heavy (non-hydrogen) atoms. The van der Waals surface area contributed by atoms with Crippen LogP contribution in [0.2, 0.25) is 0 Å². The molecule has 0 aliphatic heterocycles. The van der Waals surface area contributed by atoms with Gasteiger partial charge in [0.15, 0.2) is 11.5 Å². The van der Waals surface area contributed by atoms with E-state index in [1.54, 1.807) is 0 Å². The van der Waals surface area contributed by atoms with Crippen LogP contribution in [0.1, 0.15) is 5.76 Å². The van der Waals surface area contributed by atoms with Gasteiger partial charge in [0, 0.05) is 17.9 Å². The van der Waals surface area contributed by atoms with Crippen LogP contribution in [0.4, 0.5) is 0 Å². The Labute approximate surface area is 124 Å². The average molecular weight is 319 g/mol. The molecule has 2 rings (SSSR count). The summed E-state index contributed by atoms with van der Waals surface area (Å²) in [5.74, 6) is -0.389. The Morgan fingerprint density at radius 1 is 1.38 bits per heavy atom. The minimum Gasteiger partial charge on any atom is -0.507 e. The molecule has 1 heterocycles. The van der Waals surface area contributed by atoms with E-state index in [0.717, 1.165) is 6.07 Å². The Hall–Kier alpha value is -1.96. The number of alkyl halides is 1. The fraction of sp³-hybridized carbons (Fsp3) is 0.308. The van der Waals surface area contributed by atoms with Gasteiger partial charge < -0.3 is 29.9 Å². The summed E-state index contributed by atoms with van der Waals surface area (Å²) >= 11 is 5.78. The number of halogens is 1. The number of hydrogen-bond donors (Lipinski definition) is 3. The number of aliphatic hydroxyl groups excluding tert-OH is 1. The van der Waals surface area contributed by atoms with Crippen molar-refractivity contribution in [3.63, 3.8) is 0 Å². The van der Waals surface area contributed by atoms with Crippen molar-refractivity contribution < 1.29 is 29.9 Å². The highest BCUT2D eigenvalue weighted by Gasteiger charge is 2.18. The molecule has 0 saturated heterocycles.